The third-order valence-electron chi connectivity index (χ3n) is 5.73. The molecule has 2 aliphatic rings. The summed E-state index contributed by atoms with van der Waals surface area (Å²) in [4.78, 5) is 23.0. The first-order valence-electron chi connectivity index (χ1n) is 10.8. The lowest BCUT2D eigenvalue weighted by molar-refractivity contribution is -0.130. The van der Waals surface area contributed by atoms with E-state index < -0.39 is 0 Å². The van der Waals surface area contributed by atoms with Crippen LogP contribution in [0.2, 0.25) is 0 Å². The molecular weight excluding hydrogens is 366 g/mol. The Kier molecular flexibility index (Phi) is 7.89. The topological polar surface area (TPSA) is 60.4 Å². The predicted octanol–water partition coefficient (Wildman–Crippen LogP) is 1.50. The van der Waals surface area contributed by atoms with Crippen LogP contribution in [0.5, 0.6) is 0 Å². The normalized spacial score (nSPS) is 21.3. The van der Waals surface area contributed by atoms with Crippen molar-refractivity contribution < 1.29 is 9.53 Å². The maximum Gasteiger partial charge on any atom is 0.219 e. The fourth-order valence-corrected chi connectivity index (χ4v) is 3.99. The number of nitrogens with one attached hydrogen (secondary N) is 1. The number of ether oxygens (including phenoxy) is 1. The number of rotatable bonds is 5. The van der Waals surface area contributed by atoms with Crippen molar-refractivity contribution >= 4 is 11.9 Å². The Hall–Kier alpha value is -2.12. The van der Waals surface area contributed by atoms with E-state index in [9.17, 15) is 4.79 Å². The van der Waals surface area contributed by atoms with Gasteiger partial charge in [-0.2, -0.15) is 0 Å². The summed E-state index contributed by atoms with van der Waals surface area (Å²) in [5.74, 6) is 1.14. The van der Waals surface area contributed by atoms with Gasteiger partial charge in [0.2, 0.25) is 5.91 Å². The van der Waals surface area contributed by atoms with Crippen LogP contribution < -0.4 is 5.32 Å². The molecule has 2 heterocycles. The summed E-state index contributed by atoms with van der Waals surface area (Å²) in [6, 6.07) is 8.45. The van der Waals surface area contributed by atoms with Crippen molar-refractivity contribution in [3.8, 4) is 0 Å². The quantitative estimate of drug-likeness (QED) is 0.599. The van der Waals surface area contributed by atoms with Gasteiger partial charge in [-0.25, -0.2) is 0 Å². The molecule has 1 N–H and O–H groups in total. The van der Waals surface area contributed by atoms with Crippen molar-refractivity contribution in [2.45, 2.75) is 26.9 Å². The molecule has 0 bridgehead atoms. The summed E-state index contributed by atoms with van der Waals surface area (Å²) in [6.45, 7) is 14.3. The van der Waals surface area contributed by atoms with Crippen LogP contribution in [-0.2, 0) is 9.53 Å². The van der Waals surface area contributed by atoms with E-state index in [1.165, 1.54) is 11.1 Å². The van der Waals surface area contributed by atoms with Crippen LogP contribution in [0.3, 0.4) is 0 Å². The molecule has 7 heteroatoms. The van der Waals surface area contributed by atoms with Gasteiger partial charge in [0.15, 0.2) is 5.96 Å². The van der Waals surface area contributed by atoms with Gasteiger partial charge in [0.25, 0.3) is 0 Å². The van der Waals surface area contributed by atoms with Crippen molar-refractivity contribution in [1.29, 1.82) is 0 Å². The lowest BCUT2D eigenvalue weighted by Crippen LogP contribution is -2.49. The summed E-state index contributed by atoms with van der Waals surface area (Å²) in [5.41, 5.74) is 2.53. The number of hydrogen-bond acceptors (Lipinski definition) is 4. The molecule has 0 spiro atoms. The molecule has 1 aromatic carbocycles. The van der Waals surface area contributed by atoms with E-state index in [4.69, 9.17) is 9.73 Å². The number of hydrogen-bond donors (Lipinski definition) is 1. The Morgan fingerprint density at radius 1 is 1.17 bits per heavy atom. The zero-order chi connectivity index (χ0) is 20.6. The summed E-state index contributed by atoms with van der Waals surface area (Å²) >= 11 is 0. The zero-order valence-electron chi connectivity index (χ0n) is 18.1. The van der Waals surface area contributed by atoms with E-state index in [2.05, 4.69) is 53.2 Å². The molecule has 0 radical (unpaired) electrons. The smallest absolute Gasteiger partial charge is 0.219 e. The molecule has 1 unspecified atom stereocenters. The van der Waals surface area contributed by atoms with Gasteiger partial charge in [0.05, 0.1) is 19.7 Å². The van der Waals surface area contributed by atoms with Crippen LogP contribution in [0.15, 0.2) is 29.3 Å². The Labute approximate surface area is 174 Å². The number of morpholine rings is 1. The maximum atomic E-state index is 11.5. The first-order valence-corrected chi connectivity index (χ1v) is 10.8. The summed E-state index contributed by atoms with van der Waals surface area (Å²) < 4.78 is 6.07. The fraction of sp³-hybridized carbons (Fsp3) is 0.636. The zero-order valence-corrected chi connectivity index (χ0v) is 18.1. The standard InChI is InChI=1S/C22H35N5O2/c1-4-23-22(24-9-10-25-11-13-26(14-12-25)19(3)28)27-15-16-29-21(17-27)20-8-6-5-7-18(20)2/h5-8,21H,4,9-17H2,1-3H3,(H,23,24). The molecule has 0 aliphatic carbocycles. The van der Waals surface area contributed by atoms with Gasteiger partial charge < -0.3 is 19.9 Å². The third kappa shape index (κ3) is 5.93. The van der Waals surface area contributed by atoms with Crippen molar-refractivity contribution in [3.05, 3.63) is 35.4 Å². The van der Waals surface area contributed by atoms with Crippen molar-refractivity contribution in [2.75, 3.05) is 65.5 Å². The third-order valence-corrected chi connectivity index (χ3v) is 5.73. The average Bonchev–Trinajstić information content (AvgIpc) is 2.74. The van der Waals surface area contributed by atoms with Crippen LogP contribution in [0.1, 0.15) is 31.1 Å². The van der Waals surface area contributed by atoms with Crippen LogP contribution in [-0.4, -0.2) is 92.1 Å². The first kappa shape index (κ1) is 21.6. The molecule has 0 aromatic heterocycles. The first-order chi connectivity index (χ1) is 14.1. The van der Waals surface area contributed by atoms with E-state index in [1.54, 1.807) is 6.92 Å². The fourth-order valence-electron chi connectivity index (χ4n) is 3.99. The predicted molar refractivity (Wildman–Crippen MR) is 116 cm³/mol. The van der Waals surface area contributed by atoms with Crippen LogP contribution in [0.25, 0.3) is 0 Å². The number of nitrogens with zero attached hydrogens (tertiary/aromatic N) is 4. The number of aryl methyl sites for hydroxylation is 1. The maximum absolute atomic E-state index is 11.5. The number of piperazine rings is 1. The highest BCUT2D eigenvalue weighted by molar-refractivity contribution is 5.80. The SMILES string of the molecule is CCNC(=NCCN1CCN(C(C)=O)CC1)N1CCOC(c2ccccc2C)C1. The van der Waals surface area contributed by atoms with Crippen molar-refractivity contribution in [2.24, 2.45) is 4.99 Å². The van der Waals surface area contributed by atoms with Crippen LogP contribution >= 0.6 is 0 Å². The van der Waals surface area contributed by atoms with E-state index >= 15 is 0 Å². The molecule has 1 amide bonds. The highest BCUT2D eigenvalue weighted by atomic mass is 16.5. The number of carbonyl (C=O) groups excluding carboxylic acids is 1. The Morgan fingerprint density at radius 2 is 1.93 bits per heavy atom. The van der Waals surface area contributed by atoms with Gasteiger partial charge in [-0.15, -0.1) is 0 Å². The second kappa shape index (κ2) is 10.6. The highest BCUT2D eigenvalue weighted by Gasteiger charge is 2.25. The summed E-state index contributed by atoms with van der Waals surface area (Å²) in [6.07, 6.45) is 0.0773. The van der Waals surface area contributed by atoms with E-state index in [0.717, 1.165) is 64.9 Å². The van der Waals surface area contributed by atoms with Gasteiger partial charge in [0, 0.05) is 52.7 Å². The monoisotopic (exact) mass is 401 g/mol. The Morgan fingerprint density at radius 3 is 2.62 bits per heavy atom. The van der Waals surface area contributed by atoms with E-state index in [0.29, 0.717) is 6.61 Å². The minimum absolute atomic E-state index is 0.0773. The molecule has 7 nitrogen and oxygen atoms in total. The minimum Gasteiger partial charge on any atom is -0.370 e. The van der Waals surface area contributed by atoms with Crippen molar-refractivity contribution in [1.82, 2.24) is 20.0 Å². The number of carbonyl (C=O) groups is 1. The van der Waals surface area contributed by atoms with E-state index in [-0.39, 0.29) is 12.0 Å². The average molecular weight is 402 g/mol. The summed E-state index contributed by atoms with van der Waals surface area (Å²) in [7, 11) is 0. The molecule has 1 aromatic rings. The largest absolute Gasteiger partial charge is 0.370 e. The second-order valence-electron chi connectivity index (χ2n) is 7.75. The summed E-state index contributed by atoms with van der Waals surface area (Å²) in [5, 5.41) is 3.45. The van der Waals surface area contributed by atoms with Gasteiger partial charge in [-0.3, -0.25) is 14.7 Å². The van der Waals surface area contributed by atoms with Gasteiger partial charge in [-0.05, 0) is 25.0 Å². The molecule has 1 atom stereocenters. The number of aliphatic imine (C=N–C) groups is 1. The molecule has 2 fully saturated rings. The molecule has 0 saturated carbocycles. The van der Waals surface area contributed by atoms with Crippen molar-refractivity contribution in [3.63, 3.8) is 0 Å². The molecular formula is C22H35N5O2. The van der Waals surface area contributed by atoms with E-state index in [1.807, 2.05) is 4.90 Å². The Balaban J connectivity index is 1.56. The van der Waals surface area contributed by atoms with Crippen LogP contribution in [0, 0.1) is 6.92 Å². The molecule has 3 rings (SSSR count). The number of benzene rings is 1. The number of guanidine groups is 1. The van der Waals surface area contributed by atoms with Gasteiger partial charge >= 0.3 is 0 Å². The molecule has 2 saturated heterocycles. The van der Waals surface area contributed by atoms with Gasteiger partial charge in [0.1, 0.15) is 6.10 Å². The van der Waals surface area contributed by atoms with Crippen LogP contribution in [0.4, 0.5) is 0 Å². The second-order valence-corrected chi connectivity index (χ2v) is 7.75. The lowest BCUT2D eigenvalue weighted by atomic mass is 10.0. The lowest BCUT2D eigenvalue weighted by Gasteiger charge is -2.36. The minimum atomic E-state index is 0.0773. The molecule has 160 valence electrons. The molecule has 2 aliphatic heterocycles. The highest BCUT2D eigenvalue weighted by Crippen LogP contribution is 2.24. The number of amides is 1. The van der Waals surface area contributed by atoms with Gasteiger partial charge in [-0.1, -0.05) is 24.3 Å². The Bertz CT molecular complexity index is 700. The molecule has 29 heavy (non-hydrogen) atoms.